The van der Waals surface area contributed by atoms with Crippen molar-refractivity contribution < 1.29 is 4.79 Å². The third kappa shape index (κ3) is 3.53. The lowest BCUT2D eigenvalue weighted by molar-refractivity contribution is -0.125. The lowest BCUT2D eigenvalue weighted by Gasteiger charge is -2.21. The van der Waals surface area contributed by atoms with E-state index >= 15 is 0 Å². The first-order chi connectivity index (χ1) is 8.66. The Labute approximate surface area is 112 Å². The summed E-state index contributed by atoms with van der Waals surface area (Å²) in [5.74, 6) is 0.351. The summed E-state index contributed by atoms with van der Waals surface area (Å²) in [5, 5.41) is 7.41. The van der Waals surface area contributed by atoms with Crippen molar-refractivity contribution in [3.05, 3.63) is 15.6 Å². The largest absolute Gasteiger partial charge is 0.355 e. The van der Waals surface area contributed by atoms with Gasteiger partial charge >= 0.3 is 0 Å². The van der Waals surface area contributed by atoms with E-state index in [0.29, 0.717) is 0 Å². The number of nitrogens with one attached hydrogen (secondary N) is 2. The Morgan fingerprint density at radius 2 is 2.39 bits per heavy atom. The molecule has 1 amide bonds. The number of piperidine rings is 1. The van der Waals surface area contributed by atoms with Crippen LogP contribution in [0, 0.1) is 19.8 Å². The van der Waals surface area contributed by atoms with Crippen LogP contribution in [0.1, 0.15) is 28.4 Å². The molecule has 0 saturated carbocycles. The maximum Gasteiger partial charge on any atom is 0.224 e. The zero-order valence-corrected chi connectivity index (χ0v) is 11.9. The lowest BCUT2D eigenvalue weighted by atomic mass is 9.99. The Hall–Kier alpha value is -0.940. The van der Waals surface area contributed by atoms with Gasteiger partial charge in [0.05, 0.1) is 16.6 Å². The maximum atomic E-state index is 11.9. The number of aryl methyl sites for hydroxylation is 2. The molecule has 0 spiro atoms. The molecule has 1 fully saturated rings. The number of thiazole rings is 1. The SMILES string of the molecule is Cc1nc(C)c(CCNC(=O)[C@@H]2CCCNC2)s1. The molecule has 5 heteroatoms. The highest BCUT2D eigenvalue weighted by Gasteiger charge is 2.20. The second kappa shape index (κ2) is 6.29. The fourth-order valence-electron chi connectivity index (χ4n) is 2.32. The standard InChI is InChI=1S/C13H21N3OS/c1-9-12(18-10(2)16-9)5-7-15-13(17)11-4-3-6-14-8-11/h11,14H,3-8H2,1-2H3,(H,15,17)/t11-/m1/s1. The van der Waals surface area contributed by atoms with Gasteiger partial charge in [0.2, 0.25) is 5.91 Å². The number of amides is 1. The molecule has 1 aliphatic rings. The van der Waals surface area contributed by atoms with Crippen molar-refractivity contribution in [2.45, 2.75) is 33.1 Å². The first-order valence-electron chi connectivity index (χ1n) is 6.58. The summed E-state index contributed by atoms with van der Waals surface area (Å²) in [6, 6.07) is 0. The summed E-state index contributed by atoms with van der Waals surface area (Å²) in [6.45, 7) is 6.64. The van der Waals surface area contributed by atoms with E-state index in [1.54, 1.807) is 11.3 Å². The quantitative estimate of drug-likeness (QED) is 0.867. The van der Waals surface area contributed by atoms with Crippen LogP contribution in [0.4, 0.5) is 0 Å². The topological polar surface area (TPSA) is 54.0 Å². The zero-order chi connectivity index (χ0) is 13.0. The molecule has 1 aliphatic heterocycles. The number of carbonyl (C=O) groups excluding carboxylic acids is 1. The van der Waals surface area contributed by atoms with Gasteiger partial charge in [0.15, 0.2) is 0 Å². The molecule has 1 aromatic heterocycles. The number of hydrogen-bond donors (Lipinski definition) is 2. The summed E-state index contributed by atoms with van der Waals surface area (Å²) in [6.07, 6.45) is 3.01. The molecule has 18 heavy (non-hydrogen) atoms. The van der Waals surface area contributed by atoms with Crippen molar-refractivity contribution in [1.29, 1.82) is 0 Å². The van der Waals surface area contributed by atoms with Gasteiger partial charge in [0.1, 0.15) is 0 Å². The number of aromatic nitrogens is 1. The van der Waals surface area contributed by atoms with Crippen LogP contribution in [-0.2, 0) is 11.2 Å². The molecule has 4 nitrogen and oxygen atoms in total. The van der Waals surface area contributed by atoms with Gasteiger partial charge in [-0.1, -0.05) is 0 Å². The first-order valence-corrected chi connectivity index (χ1v) is 7.40. The van der Waals surface area contributed by atoms with Crippen LogP contribution in [0.5, 0.6) is 0 Å². The lowest BCUT2D eigenvalue weighted by Crippen LogP contribution is -2.41. The fraction of sp³-hybridized carbons (Fsp3) is 0.692. The smallest absolute Gasteiger partial charge is 0.224 e. The van der Waals surface area contributed by atoms with Gasteiger partial charge in [0.25, 0.3) is 0 Å². The molecule has 0 unspecified atom stereocenters. The second-order valence-corrected chi connectivity index (χ2v) is 6.11. The Morgan fingerprint density at radius 3 is 3.00 bits per heavy atom. The molecule has 1 saturated heterocycles. The van der Waals surface area contributed by atoms with Crippen LogP contribution < -0.4 is 10.6 Å². The van der Waals surface area contributed by atoms with Crippen LogP contribution >= 0.6 is 11.3 Å². The van der Waals surface area contributed by atoms with Crippen molar-refractivity contribution in [1.82, 2.24) is 15.6 Å². The Morgan fingerprint density at radius 1 is 1.56 bits per heavy atom. The van der Waals surface area contributed by atoms with E-state index in [-0.39, 0.29) is 11.8 Å². The molecule has 100 valence electrons. The summed E-state index contributed by atoms with van der Waals surface area (Å²) >= 11 is 1.73. The number of carbonyl (C=O) groups is 1. The number of rotatable bonds is 4. The van der Waals surface area contributed by atoms with E-state index in [2.05, 4.69) is 15.6 Å². The fourth-order valence-corrected chi connectivity index (χ4v) is 3.26. The number of hydrogen-bond acceptors (Lipinski definition) is 4. The highest BCUT2D eigenvalue weighted by molar-refractivity contribution is 7.11. The van der Waals surface area contributed by atoms with E-state index in [0.717, 1.165) is 49.6 Å². The van der Waals surface area contributed by atoms with Gasteiger partial charge < -0.3 is 10.6 Å². The normalized spacial score (nSPS) is 19.8. The van der Waals surface area contributed by atoms with Crippen LogP contribution in [-0.4, -0.2) is 30.5 Å². The molecular weight excluding hydrogens is 246 g/mol. The summed E-state index contributed by atoms with van der Waals surface area (Å²) in [5.41, 5.74) is 1.10. The third-order valence-electron chi connectivity index (χ3n) is 3.32. The molecule has 0 aromatic carbocycles. The monoisotopic (exact) mass is 267 g/mol. The maximum absolute atomic E-state index is 11.9. The van der Waals surface area contributed by atoms with Crippen molar-refractivity contribution in [3.63, 3.8) is 0 Å². The van der Waals surface area contributed by atoms with Crippen LogP contribution in [0.3, 0.4) is 0 Å². The van der Waals surface area contributed by atoms with E-state index in [9.17, 15) is 4.79 Å². The molecule has 1 aromatic rings. The van der Waals surface area contributed by atoms with Crippen molar-refractivity contribution in [2.75, 3.05) is 19.6 Å². The van der Waals surface area contributed by atoms with Crippen LogP contribution in [0.15, 0.2) is 0 Å². The second-order valence-electron chi connectivity index (χ2n) is 4.83. The van der Waals surface area contributed by atoms with E-state index in [1.165, 1.54) is 4.88 Å². The molecule has 2 N–H and O–H groups in total. The van der Waals surface area contributed by atoms with E-state index in [4.69, 9.17) is 0 Å². The molecule has 0 radical (unpaired) electrons. The zero-order valence-electron chi connectivity index (χ0n) is 11.1. The Kier molecular flexibility index (Phi) is 4.72. The van der Waals surface area contributed by atoms with Crippen molar-refractivity contribution >= 4 is 17.2 Å². The van der Waals surface area contributed by atoms with Gasteiger partial charge in [-0.25, -0.2) is 4.98 Å². The highest BCUT2D eigenvalue weighted by atomic mass is 32.1. The molecule has 0 bridgehead atoms. The molecular formula is C13H21N3OS. The van der Waals surface area contributed by atoms with Crippen LogP contribution in [0.2, 0.25) is 0 Å². The van der Waals surface area contributed by atoms with E-state index in [1.807, 2.05) is 13.8 Å². The first kappa shape index (κ1) is 13.5. The predicted molar refractivity (Wildman–Crippen MR) is 73.9 cm³/mol. The van der Waals surface area contributed by atoms with Gasteiger partial charge in [-0.3, -0.25) is 4.79 Å². The highest BCUT2D eigenvalue weighted by Crippen LogP contribution is 2.17. The van der Waals surface area contributed by atoms with Crippen molar-refractivity contribution in [3.8, 4) is 0 Å². The van der Waals surface area contributed by atoms with E-state index < -0.39 is 0 Å². The minimum atomic E-state index is 0.156. The molecule has 2 heterocycles. The molecule has 1 atom stereocenters. The molecule has 0 aliphatic carbocycles. The minimum absolute atomic E-state index is 0.156. The van der Waals surface area contributed by atoms with Gasteiger partial charge in [-0.05, 0) is 33.2 Å². The third-order valence-corrected chi connectivity index (χ3v) is 4.45. The average molecular weight is 267 g/mol. The predicted octanol–water partition coefficient (Wildman–Crippen LogP) is 1.42. The van der Waals surface area contributed by atoms with Gasteiger partial charge in [-0.2, -0.15) is 0 Å². The Bertz CT molecular complexity index is 410. The van der Waals surface area contributed by atoms with Crippen LogP contribution in [0.25, 0.3) is 0 Å². The average Bonchev–Trinajstić information content (AvgIpc) is 2.69. The summed E-state index contributed by atoms with van der Waals surface area (Å²) in [7, 11) is 0. The Balaban J connectivity index is 1.74. The van der Waals surface area contributed by atoms with Crippen molar-refractivity contribution in [2.24, 2.45) is 5.92 Å². The minimum Gasteiger partial charge on any atom is -0.355 e. The van der Waals surface area contributed by atoms with Gasteiger partial charge in [0, 0.05) is 24.4 Å². The summed E-state index contributed by atoms with van der Waals surface area (Å²) < 4.78 is 0. The molecule has 2 rings (SSSR count). The summed E-state index contributed by atoms with van der Waals surface area (Å²) in [4.78, 5) is 17.6. The number of nitrogens with zero attached hydrogens (tertiary/aromatic N) is 1. The van der Waals surface area contributed by atoms with Gasteiger partial charge in [-0.15, -0.1) is 11.3 Å².